The second-order valence-electron chi connectivity index (χ2n) is 5.81. The molecule has 1 heterocycles. The average molecular weight is 323 g/mol. The average Bonchev–Trinajstić information content (AvgIpc) is 2.60. The number of esters is 1. The van der Waals surface area contributed by atoms with Gasteiger partial charge in [-0.15, -0.1) is 0 Å². The number of ether oxygens (including phenoxy) is 1. The van der Waals surface area contributed by atoms with Crippen molar-refractivity contribution in [3.63, 3.8) is 0 Å². The molecule has 23 heavy (non-hydrogen) atoms. The van der Waals surface area contributed by atoms with E-state index in [1.807, 2.05) is 0 Å². The van der Waals surface area contributed by atoms with Gasteiger partial charge in [-0.25, -0.2) is 14.8 Å². The Labute approximate surface area is 136 Å². The van der Waals surface area contributed by atoms with Crippen LogP contribution in [0, 0.1) is 5.92 Å². The molecule has 2 rings (SSSR count). The zero-order valence-electron chi connectivity index (χ0n) is 13.4. The third-order valence-electron chi connectivity index (χ3n) is 4.19. The summed E-state index contributed by atoms with van der Waals surface area (Å²) in [7, 11) is 0. The van der Waals surface area contributed by atoms with E-state index >= 15 is 0 Å². The van der Waals surface area contributed by atoms with Crippen LogP contribution in [0.3, 0.4) is 0 Å². The van der Waals surface area contributed by atoms with E-state index in [1.165, 1.54) is 12.6 Å². The van der Waals surface area contributed by atoms with Crippen molar-refractivity contribution in [3.8, 4) is 0 Å². The Morgan fingerprint density at radius 2 is 2.17 bits per heavy atom. The minimum absolute atomic E-state index is 0.0410. The van der Waals surface area contributed by atoms with E-state index in [4.69, 9.17) is 4.74 Å². The lowest BCUT2D eigenvalue weighted by Crippen LogP contribution is -2.42. The highest BCUT2D eigenvalue weighted by Crippen LogP contribution is 2.28. The maximum atomic E-state index is 11.7. The van der Waals surface area contributed by atoms with Crippen molar-refractivity contribution in [2.45, 2.75) is 51.2 Å². The lowest BCUT2D eigenvalue weighted by atomic mass is 9.83. The van der Waals surface area contributed by atoms with Gasteiger partial charge in [-0.1, -0.05) is 19.3 Å². The first-order valence-corrected chi connectivity index (χ1v) is 8.21. The standard InChI is InChI=1S/C16H25N3O4/c1-2-23-16(22)15-17-9-8-13(19-15)18-12(10-20)14(21)11-6-4-3-5-7-11/h8-9,11-12,14,20-21H,2-7,10H2,1H3,(H,17,18,19)/t12-,14+/m0/s1. The van der Waals surface area contributed by atoms with Gasteiger partial charge in [0.25, 0.3) is 0 Å². The monoisotopic (exact) mass is 323 g/mol. The fourth-order valence-electron chi connectivity index (χ4n) is 2.97. The van der Waals surface area contributed by atoms with Crippen molar-refractivity contribution in [1.29, 1.82) is 0 Å². The van der Waals surface area contributed by atoms with Gasteiger partial charge in [0.15, 0.2) is 0 Å². The van der Waals surface area contributed by atoms with Crippen LogP contribution in [-0.2, 0) is 4.74 Å². The summed E-state index contributed by atoms with van der Waals surface area (Å²) in [5.41, 5.74) is 0. The Morgan fingerprint density at radius 3 is 2.83 bits per heavy atom. The molecule has 0 aliphatic heterocycles. The Bertz CT molecular complexity index is 506. The van der Waals surface area contributed by atoms with Gasteiger partial charge in [-0.2, -0.15) is 0 Å². The summed E-state index contributed by atoms with van der Waals surface area (Å²) < 4.78 is 4.87. The summed E-state index contributed by atoms with van der Waals surface area (Å²) in [5, 5.41) is 23.1. The number of hydrogen-bond acceptors (Lipinski definition) is 7. The molecular formula is C16H25N3O4. The van der Waals surface area contributed by atoms with Crippen molar-refractivity contribution in [1.82, 2.24) is 9.97 Å². The van der Waals surface area contributed by atoms with Gasteiger partial charge in [0.05, 0.1) is 25.4 Å². The molecule has 1 fully saturated rings. The van der Waals surface area contributed by atoms with Crippen LogP contribution in [0.4, 0.5) is 5.82 Å². The van der Waals surface area contributed by atoms with E-state index in [0.29, 0.717) is 5.82 Å². The molecular weight excluding hydrogens is 298 g/mol. The molecule has 1 aromatic heterocycles. The first kappa shape index (κ1) is 17.6. The first-order chi connectivity index (χ1) is 11.2. The topological polar surface area (TPSA) is 105 Å². The first-order valence-electron chi connectivity index (χ1n) is 8.21. The smallest absolute Gasteiger partial charge is 0.376 e. The van der Waals surface area contributed by atoms with Crippen molar-refractivity contribution < 1.29 is 19.7 Å². The van der Waals surface area contributed by atoms with Crippen LogP contribution >= 0.6 is 0 Å². The number of aliphatic hydroxyl groups is 2. The number of rotatable bonds is 7. The molecule has 0 aromatic carbocycles. The summed E-state index contributed by atoms with van der Waals surface area (Å²) in [4.78, 5) is 19.6. The van der Waals surface area contributed by atoms with E-state index in [9.17, 15) is 15.0 Å². The van der Waals surface area contributed by atoms with Crippen LogP contribution in [0.25, 0.3) is 0 Å². The Kier molecular flexibility index (Phi) is 6.73. The van der Waals surface area contributed by atoms with E-state index in [2.05, 4.69) is 15.3 Å². The number of carbonyl (C=O) groups is 1. The van der Waals surface area contributed by atoms with Gasteiger partial charge in [-0.3, -0.25) is 0 Å². The number of aliphatic hydroxyl groups excluding tert-OH is 2. The normalized spacial score (nSPS) is 18.2. The zero-order chi connectivity index (χ0) is 16.7. The largest absolute Gasteiger partial charge is 0.460 e. The maximum Gasteiger partial charge on any atom is 0.376 e. The molecule has 0 spiro atoms. The van der Waals surface area contributed by atoms with E-state index in [1.54, 1.807) is 13.0 Å². The molecule has 0 bridgehead atoms. The van der Waals surface area contributed by atoms with Crippen LogP contribution in [0.2, 0.25) is 0 Å². The number of nitrogens with one attached hydrogen (secondary N) is 1. The Hall–Kier alpha value is -1.73. The van der Waals surface area contributed by atoms with Crippen molar-refractivity contribution >= 4 is 11.8 Å². The second kappa shape index (κ2) is 8.79. The molecule has 1 saturated carbocycles. The van der Waals surface area contributed by atoms with Crippen LogP contribution in [-0.4, -0.2) is 51.5 Å². The number of nitrogens with zero attached hydrogens (tertiary/aromatic N) is 2. The van der Waals surface area contributed by atoms with Gasteiger partial charge in [-0.05, 0) is 31.7 Å². The number of carbonyl (C=O) groups excluding carboxylic acids is 1. The lowest BCUT2D eigenvalue weighted by molar-refractivity contribution is 0.0492. The highest BCUT2D eigenvalue weighted by atomic mass is 16.5. The molecule has 0 amide bonds. The summed E-state index contributed by atoms with van der Waals surface area (Å²) in [6.45, 7) is 1.75. The molecule has 7 heteroatoms. The summed E-state index contributed by atoms with van der Waals surface area (Å²) >= 11 is 0. The summed E-state index contributed by atoms with van der Waals surface area (Å²) in [6, 6.07) is 1.07. The number of aromatic nitrogens is 2. The predicted octanol–water partition coefficient (Wildman–Crippen LogP) is 1.37. The van der Waals surface area contributed by atoms with Gasteiger partial charge >= 0.3 is 5.97 Å². The molecule has 0 unspecified atom stereocenters. The van der Waals surface area contributed by atoms with Crippen LogP contribution in [0.15, 0.2) is 12.3 Å². The number of hydrogen-bond donors (Lipinski definition) is 3. The zero-order valence-corrected chi connectivity index (χ0v) is 13.4. The SMILES string of the molecule is CCOC(=O)c1nccc(N[C@@H](CO)[C@H](O)C2CCCCC2)n1. The van der Waals surface area contributed by atoms with E-state index in [0.717, 1.165) is 25.7 Å². The minimum Gasteiger partial charge on any atom is -0.460 e. The molecule has 3 N–H and O–H groups in total. The molecule has 2 atom stereocenters. The molecule has 1 aliphatic carbocycles. The molecule has 7 nitrogen and oxygen atoms in total. The molecule has 0 radical (unpaired) electrons. The highest BCUT2D eigenvalue weighted by molar-refractivity contribution is 5.85. The fraction of sp³-hybridized carbons (Fsp3) is 0.688. The predicted molar refractivity (Wildman–Crippen MR) is 85.1 cm³/mol. The molecule has 128 valence electrons. The van der Waals surface area contributed by atoms with E-state index < -0.39 is 18.1 Å². The maximum absolute atomic E-state index is 11.7. The Morgan fingerprint density at radius 1 is 1.43 bits per heavy atom. The highest BCUT2D eigenvalue weighted by Gasteiger charge is 2.29. The second-order valence-corrected chi connectivity index (χ2v) is 5.81. The van der Waals surface area contributed by atoms with Crippen molar-refractivity contribution in [2.75, 3.05) is 18.5 Å². The van der Waals surface area contributed by atoms with Crippen molar-refractivity contribution in [3.05, 3.63) is 18.1 Å². The molecule has 1 aromatic rings. The minimum atomic E-state index is -0.652. The molecule has 0 saturated heterocycles. The lowest BCUT2D eigenvalue weighted by Gasteiger charge is -2.32. The summed E-state index contributed by atoms with van der Waals surface area (Å²) in [5.74, 6) is -0.0676. The van der Waals surface area contributed by atoms with E-state index in [-0.39, 0.29) is 25.0 Å². The van der Waals surface area contributed by atoms with Crippen molar-refractivity contribution in [2.24, 2.45) is 5.92 Å². The fourth-order valence-corrected chi connectivity index (χ4v) is 2.97. The molecule has 1 aliphatic rings. The third-order valence-corrected chi connectivity index (χ3v) is 4.19. The quantitative estimate of drug-likeness (QED) is 0.651. The van der Waals surface area contributed by atoms with Crippen LogP contribution in [0.5, 0.6) is 0 Å². The third kappa shape index (κ3) is 4.87. The van der Waals surface area contributed by atoms with Gasteiger partial charge < -0.3 is 20.3 Å². The Balaban J connectivity index is 2.03. The summed E-state index contributed by atoms with van der Waals surface area (Å²) in [6.07, 6.45) is 6.16. The van der Waals surface area contributed by atoms with Gasteiger partial charge in [0.2, 0.25) is 5.82 Å². The number of anilines is 1. The van der Waals surface area contributed by atoms with Crippen LogP contribution < -0.4 is 5.32 Å². The van der Waals surface area contributed by atoms with Crippen LogP contribution in [0.1, 0.15) is 49.6 Å². The van der Waals surface area contributed by atoms with Gasteiger partial charge in [0.1, 0.15) is 5.82 Å². The van der Waals surface area contributed by atoms with Gasteiger partial charge in [0, 0.05) is 6.20 Å².